The number of aliphatic hydroxyl groups is 2. The second kappa shape index (κ2) is 12.2. The van der Waals surface area contributed by atoms with Gasteiger partial charge in [0.2, 0.25) is 0 Å². The van der Waals surface area contributed by atoms with Crippen LogP contribution in [0.5, 0.6) is 5.75 Å². The zero-order valence-corrected chi connectivity index (χ0v) is 22.5. The van der Waals surface area contributed by atoms with E-state index in [9.17, 15) is 15.0 Å². The molecule has 0 bridgehead atoms. The van der Waals surface area contributed by atoms with Crippen molar-refractivity contribution in [2.75, 3.05) is 6.61 Å². The van der Waals surface area contributed by atoms with E-state index in [2.05, 4.69) is 51.1 Å². The van der Waals surface area contributed by atoms with E-state index in [1.165, 1.54) is 22.3 Å². The number of carboxylic acid groups (broad SMARTS) is 1. The lowest BCUT2D eigenvalue weighted by Gasteiger charge is -2.34. The Bertz CT molecular complexity index is 1020. The van der Waals surface area contributed by atoms with Crippen LogP contribution in [-0.2, 0) is 16.6 Å². The fourth-order valence-electron chi connectivity index (χ4n) is 5.83. The first-order valence-corrected chi connectivity index (χ1v) is 13.6. The van der Waals surface area contributed by atoms with Gasteiger partial charge in [-0.05, 0) is 92.7 Å². The van der Waals surface area contributed by atoms with Gasteiger partial charge in [0, 0.05) is 11.8 Å². The second-order valence-electron chi connectivity index (χ2n) is 10.7. The quantitative estimate of drug-likeness (QED) is 0.305. The van der Waals surface area contributed by atoms with Crippen molar-refractivity contribution in [1.29, 1.82) is 0 Å². The summed E-state index contributed by atoms with van der Waals surface area (Å²) in [6.45, 7) is 8.75. The number of rotatable bonds is 13. The van der Waals surface area contributed by atoms with E-state index in [1.54, 1.807) is 0 Å². The fourth-order valence-corrected chi connectivity index (χ4v) is 5.83. The molecule has 1 saturated carbocycles. The van der Waals surface area contributed by atoms with Crippen molar-refractivity contribution in [3.8, 4) is 5.75 Å². The Morgan fingerprint density at radius 2 is 1.64 bits per heavy atom. The summed E-state index contributed by atoms with van der Waals surface area (Å²) in [7, 11) is 0. The van der Waals surface area contributed by atoms with E-state index in [4.69, 9.17) is 9.84 Å². The molecule has 0 radical (unpaired) electrons. The lowest BCUT2D eigenvalue weighted by Crippen LogP contribution is -2.27. The highest BCUT2D eigenvalue weighted by molar-refractivity contribution is 5.66. The van der Waals surface area contributed by atoms with Crippen molar-refractivity contribution in [2.45, 2.75) is 109 Å². The Labute approximate surface area is 216 Å². The first kappa shape index (κ1) is 28.2. The largest absolute Gasteiger partial charge is 0.491 e. The van der Waals surface area contributed by atoms with E-state index < -0.39 is 17.7 Å². The van der Waals surface area contributed by atoms with Crippen LogP contribution in [0, 0.1) is 13.8 Å². The number of carbonyl (C=O) groups is 1. The summed E-state index contributed by atoms with van der Waals surface area (Å²) in [5, 5.41) is 29.6. The monoisotopic (exact) mass is 496 g/mol. The molecule has 5 nitrogen and oxygen atoms in total. The lowest BCUT2D eigenvalue weighted by atomic mass is 9.69. The van der Waals surface area contributed by atoms with Gasteiger partial charge in [0.05, 0.1) is 11.7 Å². The van der Waals surface area contributed by atoms with Gasteiger partial charge in [0.15, 0.2) is 0 Å². The molecule has 3 rings (SSSR count). The standard InChI is InChI=1S/C31H44O5/c1-5-31(6-2,25-10-9-24(22(3)19-25)15-18-30(35)16-7-8-17-30)26-11-13-28(23(4)20-26)36-21-27(32)12-14-29(33)34/h9-11,13,19-20,27,32,35H,5-8,12,14-18,21H2,1-4H3,(H,33,34)/t27-/m1/s1. The van der Waals surface area contributed by atoms with E-state index in [1.807, 2.05) is 13.0 Å². The zero-order chi connectivity index (χ0) is 26.3. The van der Waals surface area contributed by atoms with Crippen molar-refractivity contribution >= 4 is 5.97 Å². The van der Waals surface area contributed by atoms with E-state index in [0.717, 1.165) is 56.9 Å². The Hall–Kier alpha value is -2.37. The summed E-state index contributed by atoms with van der Waals surface area (Å²) in [6.07, 6.45) is 7.12. The third-order valence-electron chi connectivity index (χ3n) is 8.35. The number of hydrogen-bond donors (Lipinski definition) is 3. The molecule has 5 heteroatoms. The highest BCUT2D eigenvalue weighted by Gasteiger charge is 2.33. The van der Waals surface area contributed by atoms with Gasteiger partial charge in [0.1, 0.15) is 12.4 Å². The summed E-state index contributed by atoms with van der Waals surface area (Å²) in [6, 6.07) is 13.1. The fraction of sp³-hybridized carbons (Fsp3) is 0.581. The van der Waals surface area contributed by atoms with Crippen LogP contribution in [0.2, 0.25) is 0 Å². The van der Waals surface area contributed by atoms with Crippen LogP contribution in [-0.4, -0.2) is 39.6 Å². The summed E-state index contributed by atoms with van der Waals surface area (Å²) < 4.78 is 5.82. The molecule has 0 aliphatic heterocycles. The second-order valence-corrected chi connectivity index (χ2v) is 10.7. The Kier molecular flexibility index (Phi) is 9.59. The normalized spacial score (nSPS) is 16.2. The molecule has 1 aliphatic rings. The molecule has 0 unspecified atom stereocenters. The molecule has 0 saturated heterocycles. The van der Waals surface area contributed by atoms with Crippen molar-refractivity contribution in [3.63, 3.8) is 0 Å². The molecule has 3 N–H and O–H groups in total. The SMILES string of the molecule is CCC(CC)(c1ccc(CCC2(O)CCCC2)c(C)c1)c1ccc(OC[C@H](O)CCC(=O)O)c(C)c1. The number of aliphatic hydroxyl groups excluding tert-OH is 1. The molecule has 1 aliphatic carbocycles. The van der Waals surface area contributed by atoms with Crippen LogP contribution in [0.1, 0.15) is 99.5 Å². The zero-order valence-electron chi connectivity index (χ0n) is 22.5. The van der Waals surface area contributed by atoms with E-state index in [0.29, 0.717) is 5.75 Å². The summed E-state index contributed by atoms with van der Waals surface area (Å²) >= 11 is 0. The predicted octanol–water partition coefficient (Wildman–Crippen LogP) is 6.25. The summed E-state index contributed by atoms with van der Waals surface area (Å²) in [5.74, 6) is -0.204. The number of hydrogen-bond acceptors (Lipinski definition) is 4. The molecule has 198 valence electrons. The molecule has 0 spiro atoms. The van der Waals surface area contributed by atoms with Crippen molar-refractivity contribution in [1.82, 2.24) is 0 Å². The van der Waals surface area contributed by atoms with Gasteiger partial charge in [-0.3, -0.25) is 4.79 Å². The Morgan fingerprint density at radius 3 is 2.19 bits per heavy atom. The average molecular weight is 497 g/mol. The topological polar surface area (TPSA) is 87.0 Å². The number of ether oxygens (including phenoxy) is 1. The first-order chi connectivity index (χ1) is 17.1. The minimum atomic E-state index is -0.917. The maximum absolute atomic E-state index is 10.8. The summed E-state index contributed by atoms with van der Waals surface area (Å²) in [5.41, 5.74) is 5.57. The van der Waals surface area contributed by atoms with Crippen LogP contribution < -0.4 is 4.74 Å². The maximum atomic E-state index is 10.8. The van der Waals surface area contributed by atoms with Crippen LogP contribution in [0.25, 0.3) is 0 Å². The maximum Gasteiger partial charge on any atom is 0.303 e. The van der Waals surface area contributed by atoms with Crippen LogP contribution in [0.4, 0.5) is 0 Å². The van der Waals surface area contributed by atoms with Gasteiger partial charge in [0.25, 0.3) is 0 Å². The van der Waals surface area contributed by atoms with Gasteiger partial charge in [-0.1, -0.05) is 57.0 Å². The minimum Gasteiger partial charge on any atom is -0.491 e. The molecular weight excluding hydrogens is 452 g/mol. The van der Waals surface area contributed by atoms with Crippen LogP contribution >= 0.6 is 0 Å². The van der Waals surface area contributed by atoms with E-state index in [-0.39, 0.29) is 24.9 Å². The third-order valence-corrected chi connectivity index (χ3v) is 8.35. The average Bonchev–Trinajstić information content (AvgIpc) is 3.29. The molecule has 2 aromatic carbocycles. The van der Waals surface area contributed by atoms with Crippen molar-refractivity contribution in [3.05, 3.63) is 64.2 Å². The number of aryl methyl sites for hydroxylation is 3. The first-order valence-electron chi connectivity index (χ1n) is 13.6. The molecule has 2 aromatic rings. The third kappa shape index (κ3) is 6.68. The molecule has 36 heavy (non-hydrogen) atoms. The van der Waals surface area contributed by atoms with Gasteiger partial charge in [-0.15, -0.1) is 0 Å². The molecule has 1 atom stereocenters. The number of aliphatic carboxylic acids is 1. The van der Waals surface area contributed by atoms with Crippen LogP contribution in [0.3, 0.4) is 0 Å². The number of benzene rings is 2. The van der Waals surface area contributed by atoms with Gasteiger partial charge >= 0.3 is 5.97 Å². The van der Waals surface area contributed by atoms with Crippen molar-refractivity contribution < 1.29 is 24.9 Å². The molecule has 1 fully saturated rings. The molecule has 0 aromatic heterocycles. The number of carboxylic acids is 1. The lowest BCUT2D eigenvalue weighted by molar-refractivity contribution is -0.137. The highest BCUT2D eigenvalue weighted by Crippen LogP contribution is 2.41. The smallest absolute Gasteiger partial charge is 0.303 e. The van der Waals surface area contributed by atoms with Gasteiger partial charge < -0.3 is 20.1 Å². The highest BCUT2D eigenvalue weighted by atomic mass is 16.5. The molecular formula is C31H44O5. The summed E-state index contributed by atoms with van der Waals surface area (Å²) in [4.78, 5) is 10.7. The van der Waals surface area contributed by atoms with Crippen LogP contribution in [0.15, 0.2) is 36.4 Å². The minimum absolute atomic E-state index is 0.0724. The molecule has 0 amide bonds. The van der Waals surface area contributed by atoms with Gasteiger partial charge in [-0.2, -0.15) is 0 Å². The van der Waals surface area contributed by atoms with E-state index >= 15 is 0 Å². The van der Waals surface area contributed by atoms with Gasteiger partial charge in [-0.25, -0.2) is 0 Å². The van der Waals surface area contributed by atoms with Crippen molar-refractivity contribution in [2.24, 2.45) is 0 Å². The Morgan fingerprint density at radius 1 is 1.03 bits per heavy atom. The molecule has 0 heterocycles. The predicted molar refractivity (Wildman–Crippen MR) is 144 cm³/mol. The Balaban J connectivity index is 1.76.